The minimum absolute atomic E-state index is 0.334. The lowest BCUT2D eigenvalue weighted by Gasteiger charge is -2.19. The van der Waals surface area contributed by atoms with Gasteiger partial charge >= 0.3 is 0 Å². The Morgan fingerprint density at radius 2 is 1.83 bits per heavy atom. The normalized spacial score (nSPS) is 14.4. The van der Waals surface area contributed by atoms with Crippen LogP contribution in [-0.2, 0) is 11.2 Å². The van der Waals surface area contributed by atoms with Crippen molar-refractivity contribution in [3.05, 3.63) is 35.4 Å². The van der Waals surface area contributed by atoms with Crippen LogP contribution in [0.25, 0.3) is 0 Å². The monoisotopic (exact) mass is 249 g/mol. The summed E-state index contributed by atoms with van der Waals surface area (Å²) < 4.78 is 5.30. The minimum Gasteiger partial charge on any atom is -0.382 e. The van der Waals surface area contributed by atoms with Crippen molar-refractivity contribution in [1.29, 1.82) is 0 Å². The van der Waals surface area contributed by atoms with Gasteiger partial charge in [0.1, 0.15) is 0 Å². The fraction of sp³-hybridized carbons (Fsp3) is 0.625. The SMILES string of the molecule is CCCc1ccc(C(CCC(C)OC)NC)cc1. The zero-order valence-electron chi connectivity index (χ0n) is 12.2. The van der Waals surface area contributed by atoms with Crippen LogP contribution in [0.3, 0.4) is 0 Å². The molecule has 0 aliphatic rings. The number of nitrogens with one attached hydrogen (secondary N) is 1. The smallest absolute Gasteiger partial charge is 0.0543 e. The van der Waals surface area contributed by atoms with Crippen molar-refractivity contribution < 1.29 is 4.74 Å². The van der Waals surface area contributed by atoms with Gasteiger partial charge in [0, 0.05) is 13.2 Å². The molecular formula is C16H27NO. The van der Waals surface area contributed by atoms with Crippen molar-refractivity contribution in [1.82, 2.24) is 5.32 Å². The second kappa shape index (κ2) is 8.28. The predicted octanol–water partition coefficient (Wildman–Crippen LogP) is 3.71. The van der Waals surface area contributed by atoms with Gasteiger partial charge in [-0.1, -0.05) is 37.6 Å². The molecule has 2 unspecified atom stereocenters. The largest absolute Gasteiger partial charge is 0.382 e. The van der Waals surface area contributed by atoms with Gasteiger partial charge in [-0.05, 0) is 44.4 Å². The van der Waals surface area contributed by atoms with E-state index < -0.39 is 0 Å². The summed E-state index contributed by atoms with van der Waals surface area (Å²) in [6.45, 7) is 4.34. The summed E-state index contributed by atoms with van der Waals surface area (Å²) in [5.41, 5.74) is 2.81. The molecule has 0 aliphatic heterocycles. The van der Waals surface area contributed by atoms with Crippen LogP contribution in [0.15, 0.2) is 24.3 Å². The molecule has 0 aliphatic carbocycles. The lowest BCUT2D eigenvalue weighted by atomic mass is 9.98. The van der Waals surface area contributed by atoms with E-state index in [1.165, 1.54) is 24.0 Å². The Hall–Kier alpha value is -0.860. The minimum atomic E-state index is 0.334. The molecule has 0 saturated carbocycles. The molecule has 2 nitrogen and oxygen atoms in total. The van der Waals surface area contributed by atoms with Gasteiger partial charge in [0.15, 0.2) is 0 Å². The molecule has 18 heavy (non-hydrogen) atoms. The van der Waals surface area contributed by atoms with Crippen LogP contribution in [0.4, 0.5) is 0 Å². The molecule has 2 heteroatoms. The van der Waals surface area contributed by atoms with Crippen LogP contribution in [-0.4, -0.2) is 20.3 Å². The zero-order valence-corrected chi connectivity index (χ0v) is 12.2. The fourth-order valence-corrected chi connectivity index (χ4v) is 2.20. The van der Waals surface area contributed by atoms with Crippen LogP contribution >= 0.6 is 0 Å². The van der Waals surface area contributed by atoms with Crippen LogP contribution in [0.5, 0.6) is 0 Å². The van der Waals surface area contributed by atoms with Gasteiger partial charge in [-0.3, -0.25) is 0 Å². The highest BCUT2D eigenvalue weighted by atomic mass is 16.5. The molecule has 2 atom stereocenters. The van der Waals surface area contributed by atoms with Gasteiger partial charge in [0.25, 0.3) is 0 Å². The fourth-order valence-electron chi connectivity index (χ4n) is 2.20. The highest BCUT2D eigenvalue weighted by molar-refractivity contribution is 5.25. The second-order valence-corrected chi connectivity index (χ2v) is 4.96. The number of hydrogen-bond donors (Lipinski definition) is 1. The molecule has 102 valence electrons. The van der Waals surface area contributed by atoms with Crippen molar-refractivity contribution in [2.24, 2.45) is 0 Å². The molecule has 0 aromatic heterocycles. The van der Waals surface area contributed by atoms with E-state index in [4.69, 9.17) is 4.74 Å². The average molecular weight is 249 g/mol. The Morgan fingerprint density at radius 3 is 2.33 bits per heavy atom. The van der Waals surface area contributed by atoms with Gasteiger partial charge in [-0.25, -0.2) is 0 Å². The topological polar surface area (TPSA) is 21.3 Å². The maximum absolute atomic E-state index is 5.30. The third-order valence-corrected chi connectivity index (χ3v) is 3.53. The van der Waals surface area contributed by atoms with Crippen LogP contribution in [0, 0.1) is 0 Å². The molecule has 1 aromatic carbocycles. The molecule has 0 amide bonds. The first-order chi connectivity index (χ1) is 8.71. The molecule has 0 bridgehead atoms. The molecule has 0 heterocycles. The Morgan fingerprint density at radius 1 is 1.17 bits per heavy atom. The number of benzene rings is 1. The Balaban J connectivity index is 2.58. The van der Waals surface area contributed by atoms with Gasteiger partial charge < -0.3 is 10.1 Å². The summed E-state index contributed by atoms with van der Waals surface area (Å²) in [5, 5.41) is 3.39. The Kier molecular flexibility index (Phi) is 6.99. The zero-order chi connectivity index (χ0) is 13.4. The highest BCUT2D eigenvalue weighted by Crippen LogP contribution is 2.20. The maximum Gasteiger partial charge on any atom is 0.0543 e. The van der Waals surface area contributed by atoms with Crippen molar-refractivity contribution in [3.63, 3.8) is 0 Å². The first-order valence-electron chi connectivity index (χ1n) is 7.00. The summed E-state index contributed by atoms with van der Waals surface area (Å²) in [4.78, 5) is 0. The number of aryl methyl sites for hydroxylation is 1. The third-order valence-electron chi connectivity index (χ3n) is 3.53. The van der Waals surface area contributed by atoms with E-state index in [0.29, 0.717) is 12.1 Å². The molecule has 1 aromatic rings. The summed E-state index contributed by atoms with van der Waals surface area (Å²) in [7, 11) is 3.81. The van der Waals surface area contributed by atoms with Crippen molar-refractivity contribution in [3.8, 4) is 0 Å². The quantitative estimate of drug-likeness (QED) is 0.758. The van der Waals surface area contributed by atoms with Gasteiger partial charge in [0.05, 0.1) is 6.10 Å². The number of rotatable bonds is 8. The number of methoxy groups -OCH3 is 1. The number of ether oxygens (including phenoxy) is 1. The summed E-state index contributed by atoms with van der Waals surface area (Å²) >= 11 is 0. The van der Waals surface area contributed by atoms with Crippen LogP contribution in [0.1, 0.15) is 50.3 Å². The highest BCUT2D eigenvalue weighted by Gasteiger charge is 2.10. The van der Waals surface area contributed by atoms with E-state index in [9.17, 15) is 0 Å². The van der Waals surface area contributed by atoms with E-state index in [1.54, 1.807) is 7.11 Å². The molecular weight excluding hydrogens is 222 g/mol. The second-order valence-electron chi connectivity index (χ2n) is 4.96. The van der Waals surface area contributed by atoms with Gasteiger partial charge in [0.2, 0.25) is 0 Å². The van der Waals surface area contributed by atoms with Crippen molar-refractivity contribution in [2.75, 3.05) is 14.2 Å². The molecule has 0 spiro atoms. The van der Waals surface area contributed by atoms with E-state index in [0.717, 1.165) is 12.8 Å². The first-order valence-corrected chi connectivity index (χ1v) is 7.00. The third kappa shape index (κ3) is 4.79. The van der Waals surface area contributed by atoms with Crippen LogP contribution < -0.4 is 5.32 Å². The van der Waals surface area contributed by atoms with Crippen molar-refractivity contribution in [2.45, 2.75) is 51.7 Å². The van der Waals surface area contributed by atoms with E-state index in [-0.39, 0.29) is 0 Å². The summed E-state index contributed by atoms with van der Waals surface area (Å²) in [5.74, 6) is 0. The Bertz CT molecular complexity index is 320. The van der Waals surface area contributed by atoms with Crippen LogP contribution in [0.2, 0.25) is 0 Å². The van der Waals surface area contributed by atoms with E-state index in [1.807, 2.05) is 7.05 Å². The standard InChI is InChI=1S/C16H27NO/c1-5-6-14-8-10-15(11-9-14)16(17-3)12-7-13(2)18-4/h8-11,13,16-17H,5-7,12H2,1-4H3. The first kappa shape index (κ1) is 15.2. The lowest BCUT2D eigenvalue weighted by Crippen LogP contribution is -2.18. The maximum atomic E-state index is 5.30. The Labute approximate surface area is 112 Å². The summed E-state index contributed by atoms with van der Waals surface area (Å²) in [6, 6.07) is 9.44. The average Bonchev–Trinajstić information content (AvgIpc) is 2.41. The van der Waals surface area contributed by atoms with E-state index >= 15 is 0 Å². The molecule has 0 radical (unpaired) electrons. The number of hydrogen-bond acceptors (Lipinski definition) is 2. The molecule has 0 saturated heterocycles. The molecule has 1 rings (SSSR count). The molecule has 1 N–H and O–H groups in total. The summed E-state index contributed by atoms with van der Waals surface area (Å²) in [6.07, 6.45) is 4.91. The van der Waals surface area contributed by atoms with E-state index in [2.05, 4.69) is 43.4 Å². The van der Waals surface area contributed by atoms with Gasteiger partial charge in [-0.2, -0.15) is 0 Å². The molecule has 0 fully saturated rings. The van der Waals surface area contributed by atoms with Gasteiger partial charge in [-0.15, -0.1) is 0 Å². The predicted molar refractivity (Wildman–Crippen MR) is 77.9 cm³/mol. The van der Waals surface area contributed by atoms with Crippen molar-refractivity contribution >= 4 is 0 Å². The lowest BCUT2D eigenvalue weighted by molar-refractivity contribution is 0.106.